The number of unbranched alkanes of at least 4 members (excludes halogenated alkanes) is 3. The summed E-state index contributed by atoms with van der Waals surface area (Å²) in [6, 6.07) is 12.1. The topological polar surface area (TPSA) is 32.3 Å². The first-order valence-electron chi connectivity index (χ1n) is 13.6. The van der Waals surface area contributed by atoms with Crippen LogP contribution >= 0.6 is 0 Å². The minimum atomic E-state index is -4.90. The van der Waals surface area contributed by atoms with Gasteiger partial charge in [0.25, 0.3) is 0 Å². The van der Waals surface area contributed by atoms with Gasteiger partial charge in [0.2, 0.25) is 5.91 Å². The maximum atomic E-state index is 13.0. The lowest BCUT2D eigenvalue weighted by atomic mass is 9.84. The molecule has 1 aliphatic rings. The summed E-state index contributed by atoms with van der Waals surface area (Å²) in [6.07, 6.45) is -2.04. The predicted molar refractivity (Wildman–Crippen MR) is 142 cm³/mol. The lowest BCUT2D eigenvalue weighted by molar-refractivity contribution is -0.143. The SMILES string of the molecule is CCCCCCN(C)C1CCC(C(=O)NCc2cc(C(F)(F)F)cc(C(F)(F)F)c2)CC1.Cc1ccccc1. The van der Waals surface area contributed by atoms with Crippen molar-refractivity contribution in [1.29, 1.82) is 0 Å². The van der Waals surface area contributed by atoms with Gasteiger partial charge in [-0.05, 0) is 76.4 Å². The summed E-state index contributed by atoms with van der Waals surface area (Å²) in [5.74, 6) is -0.590. The van der Waals surface area contributed by atoms with Crippen molar-refractivity contribution in [3.05, 3.63) is 70.8 Å². The number of nitrogens with zero attached hydrogens (tertiary/aromatic N) is 1. The molecule has 1 fully saturated rings. The van der Waals surface area contributed by atoms with E-state index in [2.05, 4.69) is 43.2 Å². The van der Waals surface area contributed by atoms with Crippen LogP contribution in [0.3, 0.4) is 0 Å². The number of carbonyl (C=O) groups is 1. The van der Waals surface area contributed by atoms with E-state index in [0.717, 1.165) is 25.8 Å². The quantitative estimate of drug-likeness (QED) is 0.248. The summed E-state index contributed by atoms with van der Waals surface area (Å²) in [5, 5.41) is 2.53. The van der Waals surface area contributed by atoms with Crippen LogP contribution in [0.4, 0.5) is 26.3 Å². The van der Waals surface area contributed by atoms with Gasteiger partial charge in [0.1, 0.15) is 0 Å². The largest absolute Gasteiger partial charge is 0.416 e. The lowest BCUT2D eigenvalue weighted by Crippen LogP contribution is -2.39. The molecule has 0 unspecified atom stereocenters. The summed E-state index contributed by atoms with van der Waals surface area (Å²) in [5.41, 5.74) is -1.65. The highest BCUT2D eigenvalue weighted by molar-refractivity contribution is 5.78. The number of alkyl halides is 6. The van der Waals surface area contributed by atoms with Gasteiger partial charge < -0.3 is 10.2 Å². The Bertz CT molecular complexity index is 966. The van der Waals surface area contributed by atoms with E-state index in [0.29, 0.717) is 31.0 Å². The summed E-state index contributed by atoms with van der Waals surface area (Å²) < 4.78 is 77.9. The summed E-state index contributed by atoms with van der Waals surface area (Å²) in [4.78, 5) is 14.8. The molecular weight excluding hydrogens is 518 g/mol. The van der Waals surface area contributed by atoms with Crippen LogP contribution < -0.4 is 5.32 Å². The molecule has 1 N–H and O–H groups in total. The van der Waals surface area contributed by atoms with Crippen molar-refractivity contribution in [3.8, 4) is 0 Å². The van der Waals surface area contributed by atoms with E-state index >= 15 is 0 Å². The third-order valence-corrected chi connectivity index (χ3v) is 7.11. The van der Waals surface area contributed by atoms with E-state index in [-0.39, 0.29) is 30.0 Å². The predicted octanol–water partition coefficient (Wildman–Crippen LogP) is 8.41. The van der Waals surface area contributed by atoms with E-state index in [4.69, 9.17) is 0 Å². The molecule has 0 aliphatic heterocycles. The Balaban J connectivity index is 0.000000658. The Hall–Kier alpha value is -2.55. The van der Waals surface area contributed by atoms with Crippen molar-refractivity contribution < 1.29 is 31.1 Å². The van der Waals surface area contributed by atoms with Crippen molar-refractivity contribution in [3.63, 3.8) is 0 Å². The van der Waals surface area contributed by atoms with E-state index < -0.39 is 23.5 Å². The highest BCUT2D eigenvalue weighted by atomic mass is 19.4. The Morgan fingerprint density at radius 2 is 1.44 bits per heavy atom. The number of hydrogen-bond acceptors (Lipinski definition) is 2. The van der Waals surface area contributed by atoms with Crippen molar-refractivity contribution in [2.45, 2.75) is 90.2 Å². The summed E-state index contributed by atoms with van der Waals surface area (Å²) in [7, 11) is 2.09. The molecule has 0 atom stereocenters. The molecule has 1 aliphatic carbocycles. The molecule has 1 saturated carbocycles. The second-order valence-corrected chi connectivity index (χ2v) is 10.3. The van der Waals surface area contributed by atoms with Gasteiger partial charge in [-0.3, -0.25) is 4.79 Å². The number of nitrogens with one attached hydrogen (secondary N) is 1. The zero-order valence-corrected chi connectivity index (χ0v) is 23.0. The van der Waals surface area contributed by atoms with E-state index in [1.807, 2.05) is 18.2 Å². The number of hydrogen-bond donors (Lipinski definition) is 1. The van der Waals surface area contributed by atoms with Crippen LogP contribution in [0.15, 0.2) is 48.5 Å². The van der Waals surface area contributed by atoms with Gasteiger partial charge in [0.15, 0.2) is 0 Å². The second kappa shape index (κ2) is 15.3. The van der Waals surface area contributed by atoms with Crippen LogP contribution in [-0.4, -0.2) is 30.4 Å². The van der Waals surface area contributed by atoms with Gasteiger partial charge in [-0.15, -0.1) is 0 Å². The molecule has 1 amide bonds. The average Bonchev–Trinajstić information content (AvgIpc) is 2.89. The van der Waals surface area contributed by atoms with Crippen LogP contribution in [0, 0.1) is 12.8 Å². The first kappa shape index (κ1) is 32.7. The highest BCUT2D eigenvalue weighted by Gasteiger charge is 2.37. The fourth-order valence-corrected chi connectivity index (χ4v) is 4.74. The van der Waals surface area contributed by atoms with Crippen LogP contribution in [-0.2, 0) is 23.7 Å². The Labute approximate surface area is 228 Å². The van der Waals surface area contributed by atoms with Crippen molar-refractivity contribution in [2.24, 2.45) is 5.92 Å². The number of aryl methyl sites for hydroxylation is 1. The number of benzene rings is 2. The van der Waals surface area contributed by atoms with Gasteiger partial charge in [-0.1, -0.05) is 62.1 Å². The first-order chi connectivity index (χ1) is 18.3. The smallest absolute Gasteiger partial charge is 0.352 e. The number of rotatable bonds is 9. The standard InChI is InChI=1S/C23H32F6N2O.C7H8/c1-3-4-5-6-11-31(2)20-9-7-17(8-10-20)21(32)30-15-16-12-18(22(24,25)26)14-19(13-16)23(27,28)29;1-7-5-3-2-4-6-7/h12-14,17,20H,3-11,15H2,1-2H3,(H,30,32);2-6H,1H3. The summed E-state index contributed by atoms with van der Waals surface area (Å²) >= 11 is 0. The number of carbonyl (C=O) groups excluding carboxylic acids is 1. The normalized spacial score (nSPS) is 17.9. The van der Waals surface area contributed by atoms with Crippen molar-refractivity contribution in [2.75, 3.05) is 13.6 Å². The van der Waals surface area contributed by atoms with E-state index in [9.17, 15) is 31.1 Å². The molecular formula is C30H40F6N2O. The number of amides is 1. The fourth-order valence-electron chi connectivity index (χ4n) is 4.74. The molecule has 218 valence electrons. The highest BCUT2D eigenvalue weighted by Crippen LogP contribution is 2.36. The molecule has 3 nitrogen and oxygen atoms in total. The van der Waals surface area contributed by atoms with Crippen LogP contribution in [0.2, 0.25) is 0 Å². The zero-order chi connectivity index (χ0) is 29.1. The average molecular weight is 559 g/mol. The minimum Gasteiger partial charge on any atom is -0.352 e. The van der Waals surface area contributed by atoms with Gasteiger partial charge >= 0.3 is 12.4 Å². The lowest BCUT2D eigenvalue weighted by Gasteiger charge is -2.34. The summed E-state index contributed by atoms with van der Waals surface area (Å²) in [6.45, 7) is 4.89. The number of halogens is 6. The van der Waals surface area contributed by atoms with Gasteiger partial charge in [0, 0.05) is 18.5 Å². The molecule has 2 aromatic rings. The Kier molecular flexibility index (Phi) is 12.8. The first-order valence-corrected chi connectivity index (χ1v) is 13.6. The monoisotopic (exact) mass is 558 g/mol. The molecule has 2 aromatic carbocycles. The molecule has 0 bridgehead atoms. The van der Waals surface area contributed by atoms with Crippen LogP contribution in [0.5, 0.6) is 0 Å². The third-order valence-electron chi connectivity index (χ3n) is 7.11. The van der Waals surface area contributed by atoms with Crippen molar-refractivity contribution in [1.82, 2.24) is 10.2 Å². The molecule has 0 heterocycles. The molecule has 0 aromatic heterocycles. The minimum absolute atomic E-state index is 0.0886. The maximum Gasteiger partial charge on any atom is 0.416 e. The molecule has 3 rings (SSSR count). The van der Waals surface area contributed by atoms with Crippen LogP contribution in [0.25, 0.3) is 0 Å². The second-order valence-electron chi connectivity index (χ2n) is 10.3. The molecule has 0 spiro atoms. The maximum absolute atomic E-state index is 13.0. The molecule has 9 heteroatoms. The third kappa shape index (κ3) is 11.6. The fraction of sp³-hybridized carbons (Fsp3) is 0.567. The Morgan fingerprint density at radius 3 is 1.90 bits per heavy atom. The zero-order valence-electron chi connectivity index (χ0n) is 23.0. The van der Waals surface area contributed by atoms with Gasteiger partial charge in [-0.25, -0.2) is 0 Å². The molecule has 0 radical (unpaired) electrons. The van der Waals surface area contributed by atoms with E-state index in [1.165, 1.54) is 24.8 Å². The van der Waals surface area contributed by atoms with Crippen molar-refractivity contribution >= 4 is 5.91 Å². The van der Waals surface area contributed by atoms with Gasteiger partial charge in [0.05, 0.1) is 11.1 Å². The Morgan fingerprint density at radius 1 is 0.872 bits per heavy atom. The van der Waals surface area contributed by atoms with Gasteiger partial charge in [-0.2, -0.15) is 26.3 Å². The van der Waals surface area contributed by atoms with E-state index in [1.54, 1.807) is 0 Å². The molecule has 0 saturated heterocycles. The molecule has 39 heavy (non-hydrogen) atoms. The van der Waals surface area contributed by atoms with Crippen LogP contribution in [0.1, 0.15) is 80.5 Å².